The monoisotopic (exact) mass is 168 g/mol. The van der Waals surface area contributed by atoms with Crippen molar-refractivity contribution in [1.29, 1.82) is 0 Å². The van der Waals surface area contributed by atoms with E-state index < -0.39 is 0 Å². The summed E-state index contributed by atoms with van der Waals surface area (Å²) in [4.78, 5) is 0. The second-order valence-corrected chi connectivity index (χ2v) is 3.25. The highest BCUT2D eigenvalue weighted by Crippen LogP contribution is 2.18. The molecule has 0 radical (unpaired) electrons. The average Bonchev–Trinajstić information content (AvgIpc) is 1.98. The minimum absolute atomic E-state index is 0.900. The van der Waals surface area contributed by atoms with Crippen molar-refractivity contribution in [3.8, 4) is 0 Å². The van der Waals surface area contributed by atoms with Crippen LogP contribution < -0.4 is 0 Å². The lowest BCUT2D eigenvalue weighted by atomic mass is 10.1. The molecule has 0 atom stereocenters. The van der Waals surface area contributed by atoms with Crippen LogP contribution in [-0.4, -0.2) is 0 Å². The number of hydrogen-bond acceptors (Lipinski definition) is 0. The number of halogens is 1. The largest absolute Gasteiger partial charge is 0.0840 e. The zero-order valence-corrected chi connectivity index (χ0v) is 7.78. The summed E-state index contributed by atoms with van der Waals surface area (Å²) in [6.07, 6.45) is 2.24. The highest BCUT2D eigenvalue weighted by Gasteiger charge is 1.97. The van der Waals surface area contributed by atoms with E-state index in [1.807, 2.05) is 12.1 Å². The predicted octanol–water partition coefficient (Wildman–Crippen LogP) is 3.60. The van der Waals surface area contributed by atoms with Gasteiger partial charge in [0.15, 0.2) is 0 Å². The summed E-state index contributed by atoms with van der Waals surface area (Å²) in [7, 11) is 0. The maximum absolute atomic E-state index is 5.97. The second kappa shape index (κ2) is 3.77. The molecule has 60 valence electrons. The Balaban J connectivity index is 2.93. The average molecular weight is 169 g/mol. The summed E-state index contributed by atoms with van der Waals surface area (Å²) in [5.74, 6) is 0. The van der Waals surface area contributed by atoms with Crippen LogP contribution in [0.2, 0.25) is 5.02 Å². The Labute approximate surface area is 73.2 Å². The molecular formula is C10H13Cl. The van der Waals surface area contributed by atoms with E-state index in [0.29, 0.717) is 0 Å². The molecule has 1 aromatic carbocycles. The maximum Gasteiger partial charge on any atom is 0.0438 e. The first-order valence-electron chi connectivity index (χ1n) is 3.99. The number of rotatable bonds is 2. The number of aryl methyl sites for hydroxylation is 2. The summed E-state index contributed by atoms with van der Waals surface area (Å²) >= 11 is 5.97. The second-order valence-electron chi connectivity index (χ2n) is 2.84. The molecule has 0 amide bonds. The van der Waals surface area contributed by atoms with Crippen LogP contribution in [0.15, 0.2) is 18.2 Å². The highest BCUT2D eigenvalue weighted by atomic mass is 35.5. The molecule has 0 unspecified atom stereocenters. The van der Waals surface area contributed by atoms with Gasteiger partial charge < -0.3 is 0 Å². The van der Waals surface area contributed by atoms with Gasteiger partial charge >= 0.3 is 0 Å². The zero-order chi connectivity index (χ0) is 8.27. The van der Waals surface area contributed by atoms with Crippen molar-refractivity contribution >= 4 is 11.6 Å². The SMILES string of the molecule is CCCc1cc(C)ccc1Cl. The van der Waals surface area contributed by atoms with E-state index >= 15 is 0 Å². The standard InChI is InChI=1S/C10H13Cl/c1-3-4-9-7-8(2)5-6-10(9)11/h5-7H,3-4H2,1-2H3. The Bertz CT molecular complexity index is 241. The van der Waals surface area contributed by atoms with Gasteiger partial charge in [-0.25, -0.2) is 0 Å². The molecule has 0 aliphatic rings. The van der Waals surface area contributed by atoms with E-state index in [4.69, 9.17) is 11.6 Å². The molecule has 0 nitrogen and oxygen atoms in total. The third kappa shape index (κ3) is 2.23. The molecule has 1 aromatic rings. The smallest absolute Gasteiger partial charge is 0.0438 e. The van der Waals surface area contributed by atoms with Gasteiger partial charge in [0.05, 0.1) is 0 Å². The van der Waals surface area contributed by atoms with Crippen LogP contribution in [0.25, 0.3) is 0 Å². The lowest BCUT2D eigenvalue weighted by Crippen LogP contribution is -1.85. The summed E-state index contributed by atoms with van der Waals surface area (Å²) in [6.45, 7) is 4.26. The first kappa shape index (κ1) is 8.61. The minimum atomic E-state index is 0.900. The molecule has 0 N–H and O–H groups in total. The molecule has 0 aliphatic carbocycles. The lowest BCUT2D eigenvalue weighted by Gasteiger charge is -2.02. The van der Waals surface area contributed by atoms with Gasteiger partial charge in [0.2, 0.25) is 0 Å². The van der Waals surface area contributed by atoms with Gasteiger partial charge in [-0.05, 0) is 25.0 Å². The fourth-order valence-corrected chi connectivity index (χ4v) is 1.38. The predicted molar refractivity (Wildman–Crippen MR) is 50.2 cm³/mol. The van der Waals surface area contributed by atoms with Crippen molar-refractivity contribution in [2.75, 3.05) is 0 Å². The molecule has 0 aromatic heterocycles. The molecule has 0 saturated carbocycles. The fraction of sp³-hybridized carbons (Fsp3) is 0.400. The van der Waals surface area contributed by atoms with E-state index in [0.717, 1.165) is 17.9 Å². The molecule has 0 spiro atoms. The Kier molecular flexibility index (Phi) is 2.95. The Morgan fingerprint density at radius 2 is 2.09 bits per heavy atom. The van der Waals surface area contributed by atoms with Crippen LogP contribution in [0.3, 0.4) is 0 Å². The Morgan fingerprint density at radius 1 is 1.36 bits per heavy atom. The minimum Gasteiger partial charge on any atom is -0.0840 e. The number of benzene rings is 1. The third-order valence-corrected chi connectivity index (χ3v) is 2.09. The van der Waals surface area contributed by atoms with Crippen LogP contribution in [0.5, 0.6) is 0 Å². The molecule has 1 rings (SSSR count). The van der Waals surface area contributed by atoms with Crippen molar-refractivity contribution in [3.05, 3.63) is 34.3 Å². The molecule has 0 fully saturated rings. The van der Waals surface area contributed by atoms with E-state index in [-0.39, 0.29) is 0 Å². The quantitative estimate of drug-likeness (QED) is 0.633. The first-order chi connectivity index (χ1) is 5.24. The molecular weight excluding hydrogens is 156 g/mol. The first-order valence-corrected chi connectivity index (χ1v) is 4.37. The van der Waals surface area contributed by atoms with Crippen LogP contribution in [0, 0.1) is 6.92 Å². The topological polar surface area (TPSA) is 0 Å². The van der Waals surface area contributed by atoms with Gasteiger partial charge in [0.1, 0.15) is 0 Å². The summed E-state index contributed by atoms with van der Waals surface area (Å²) in [5.41, 5.74) is 2.56. The molecule has 0 bridgehead atoms. The van der Waals surface area contributed by atoms with Gasteiger partial charge in [0.25, 0.3) is 0 Å². The Morgan fingerprint density at radius 3 is 2.73 bits per heavy atom. The van der Waals surface area contributed by atoms with Gasteiger partial charge in [-0.2, -0.15) is 0 Å². The molecule has 0 aliphatic heterocycles. The fourth-order valence-electron chi connectivity index (χ4n) is 1.16. The van der Waals surface area contributed by atoms with Crippen molar-refractivity contribution in [2.24, 2.45) is 0 Å². The van der Waals surface area contributed by atoms with E-state index in [2.05, 4.69) is 19.9 Å². The van der Waals surface area contributed by atoms with E-state index in [1.165, 1.54) is 11.1 Å². The van der Waals surface area contributed by atoms with Gasteiger partial charge in [0, 0.05) is 5.02 Å². The van der Waals surface area contributed by atoms with Crippen LogP contribution in [0.1, 0.15) is 24.5 Å². The van der Waals surface area contributed by atoms with E-state index in [1.54, 1.807) is 0 Å². The van der Waals surface area contributed by atoms with Gasteiger partial charge in [-0.3, -0.25) is 0 Å². The Hall–Kier alpha value is -0.490. The highest BCUT2D eigenvalue weighted by molar-refractivity contribution is 6.31. The normalized spacial score (nSPS) is 10.1. The molecule has 11 heavy (non-hydrogen) atoms. The van der Waals surface area contributed by atoms with Crippen LogP contribution in [-0.2, 0) is 6.42 Å². The van der Waals surface area contributed by atoms with Crippen LogP contribution in [0.4, 0.5) is 0 Å². The summed E-state index contributed by atoms with van der Waals surface area (Å²) in [5, 5.41) is 0.900. The molecule has 0 saturated heterocycles. The van der Waals surface area contributed by atoms with Crippen molar-refractivity contribution in [1.82, 2.24) is 0 Å². The molecule has 0 heterocycles. The van der Waals surface area contributed by atoms with Crippen molar-refractivity contribution < 1.29 is 0 Å². The zero-order valence-electron chi connectivity index (χ0n) is 7.02. The van der Waals surface area contributed by atoms with Crippen molar-refractivity contribution in [3.63, 3.8) is 0 Å². The summed E-state index contributed by atoms with van der Waals surface area (Å²) in [6, 6.07) is 6.18. The molecule has 1 heteroatoms. The van der Waals surface area contributed by atoms with Gasteiger partial charge in [-0.15, -0.1) is 0 Å². The summed E-state index contributed by atoms with van der Waals surface area (Å²) < 4.78 is 0. The maximum atomic E-state index is 5.97. The van der Waals surface area contributed by atoms with Gasteiger partial charge in [-0.1, -0.05) is 42.6 Å². The third-order valence-electron chi connectivity index (χ3n) is 1.72. The lowest BCUT2D eigenvalue weighted by molar-refractivity contribution is 0.920. The van der Waals surface area contributed by atoms with E-state index in [9.17, 15) is 0 Å². The van der Waals surface area contributed by atoms with Crippen LogP contribution >= 0.6 is 11.6 Å². The van der Waals surface area contributed by atoms with Crippen molar-refractivity contribution in [2.45, 2.75) is 26.7 Å². The number of hydrogen-bond donors (Lipinski definition) is 0.